The molecule has 0 aromatic rings. The Labute approximate surface area is 121 Å². The van der Waals surface area contributed by atoms with Gasteiger partial charge >= 0.3 is 6.09 Å². The lowest BCUT2D eigenvalue weighted by molar-refractivity contribution is 0.0501. The Hall–Kier alpha value is -1.29. The molecule has 3 atom stereocenters. The molecule has 2 aliphatic rings. The molecular formula is C16H26N2O2. The van der Waals surface area contributed by atoms with Crippen LogP contribution in [0, 0.1) is 11.8 Å². The summed E-state index contributed by atoms with van der Waals surface area (Å²) in [4.78, 5) is 11.9. The molecule has 1 aliphatic carbocycles. The molecular weight excluding hydrogens is 252 g/mol. The molecule has 0 saturated carbocycles. The van der Waals surface area contributed by atoms with Gasteiger partial charge in [0, 0.05) is 19.0 Å². The minimum absolute atomic E-state index is 0.106. The molecule has 0 aromatic carbocycles. The van der Waals surface area contributed by atoms with Crippen molar-refractivity contribution in [3.8, 4) is 0 Å². The zero-order chi connectivity index (χ0) is 14.8. The van der Waals surface area contributed by atoms with Crippen LogP contribution in [0.15, 0.2) is 23.8 Å². The number of rotatable bonds is 2. The van der Waals surface area contributed by atoms with Crippen LogP contribution in [-0.4, -0.2) is 30.8 Å². The summed E-state index contributed by atoms with van der Waals surface area (Å²) in [5.74, 6) is 0.955. The first-order valence-electron chi connectivity index (χ1n) is 7.43. The maximum absolute atomic E-state index is 11.9. The van der Waals surface area contributed by atoms with E-state index in [0.29, 0.717) is 11.8 Å². The van der Waals surface area contributed by atoms with E-state index in [-0.39, 0.29) is 12.1 Å². The monoisotopic (exact) mass is 278 g/mol. The number of hydrogen-bond donors (Lipinski definition) is 2. The maximum atomic E-state index is 11.9. The van der Waals surface area contributed by atoms with E-state index in [2.05, 4.69) is 35.8 Å². The summed E-state index contributed by atoms with van der Waals surface area (Å²) < 4.78 is 5.34. The predicted molar refractivity (Wildman–Crippen MR) is 80.5 cm³/mol. The molecule has 0 spiro atoms. The second-order valence-electron chi connectivity index (χ2n) is 6.79. The predicted octanol–water partition coefficient (Wildman–Crippen LogP) is 2.62. The number of alkyl carbamates (subject to hydrolysis) is 1. The molecule has 20 heavy (non-hydrogen) atoms. The number of allylic oxidation sites excluding steroid dienone is 3. The summed E-state index contributed by atoms with van der Waals surface area (Å²) >= 11 is 0. The van der Waals surface area contributed by atoms with Gasteiger partial charge in [-0.2, -0.15) is 0 Å². The number of carbonyl (C=O) groups excluding carboxylic acids is 1. The van der Waals surface area contributed by atoms with Crippen molar-refractivity contribution >= 4 is 6.09 Å². The van der Waals surface area contributed by atoms with Gasteiger partial charge in [0.2, 0.25) is 0 Å². The van der Waals surface area contributed by atoms with Gasteiger partial charge in [-0.3, -0.25) is 0 Å². The van der Waals surface area contributed by atoms with Crippen LogP contribution in [0.1, 0.15) is 34.1 Å². The second kappa shape index (κ2) is 6.00. The first-order chi connectivity index (χ1) is 9.35. The maximum Gasteiger partial charge on any atom is 0.407 e. The summed E-state index contributed by atoms with van der Waals surface area (Å²) in [6, 6.07) is 0.106. The SMILES string of the molecule is CC1C=CC([C@@H]2CNC[C@H]2NC(=O)OC(C)(C)C)=CC1. The Morgan fingerprint density at radius 1 is 1.40 bits per heavy atom. The summed E-state index contributed by atoms with van der Waals surface area (Å²) in [5.41, 5.74) is 0.875. The number of amides is 1. The van der Waals surface area contributed by atoms with Gasteiger partial charge in [-0.25, -0.2) is 4.79 Å². The van der Waals surface area contributed by atoms with Crippen LogP contribution in [0.2, 0.25) is 0 Å². The fourth-order valence-corrected chi connectivity index (χ4v) is 2.66. The van der Waals surface area contributed by atoms with Crippen molar-refractivity contribution in [3.05, 3.63) is 23.8 Å². The molecule has 0 radical (unpaired) electrons. The van der Waals surface area contributed by atoms with E-state index in [1.165, 1.54) is 5.57 Å². The average Bonchev–Trinajstić information content (AvgIpc) is 2.75. The van der Waals surface area contributed by atoms with Gasteiger partial charge < -0.3 is 15.4 Å². The molecule has 1 aliphatic heterocycles. The third-order valence-corrected chi connectivity index (χ3v) is 3.69. The van der Waals surface area contributed by atoms with Crippen molar-refractivity contribution < 1.29 is 9.53 Å². The van der Waals surface area contributed by atoms with E-state index in [1.807, 2.05) is 20.8 Å². The van der Waals surface area contributed by atoms with Crippen LogP contribution >= 0.6 is 0 Å². The number of ether oxygens (including phenoxy) is 1. The highest BCUT2D eigenvalue weighted by atomic mass is 16.6. The number of nitrogens with one attached hydrogen (secondary N) is 2. The Morgan fingerprint density at radius 3 is 2.75 bits per heavy atom. The van der Waals surface area contributed by atoms with Crippen LogP contribution in [0.25, 0.3) is 0 Å². The molecule has 1 unspecified atom stereocenters. The Morgan fingerprint density at radius 2 is 2.15 bits per heavy atom. The van der Waals surface area contributed by atoms with Crippen molar-refractivity contribution in [2.75, 3.05) is 13.1 Å². The lowest BCUT2D eigenvalue weighted by Gasteiger charge is -2.26. The average molecular weight is 278 g/mol. The van der Waals surface area contributed by atoms with Gasteiger partial charge in [0.05, 0.1) is 6.04 Å². The highest BCUT2D eigenvalue weighted by Crippen LogP contribution is 2.26. The van der Waals surface area contributed by atoms with E-state index < -0.39 is 5.60 Å². The van der Waals surface area contributed by atoms with Gasteiger partial charge in [-0.05, 0) is 38.7 Å². The van der Waals surface area contributed by atoms with Crippen molar-refractivity contribution in [3.63, 3.8) is 0 Å². The minimum Gasteiger partial charge on any atom is -0.444 e. The smallest absolute Gasteiger partial charge is 0.407 e. The van der Waals surface area contributed by atoms with Gasteiger partial charge in [-0.1, -0.05) is 25.2 Å². The number of hydrogen-bond acceptors (Lipinski definition) is 3. The fraction of sp³-hybridized carbons (Fsp3) is 0.688. The largest absolute Gasteiger partial charge is 0.444 e. The van der Waals surface area contributed by atoms with Crippen molar-refractivity contribution in [1.82, 2.24) is 10.6 Å². The summed E-state index contributed by atoms with van der Waals surface area (Å²) in [7, 11) is 0. The van der Waals surface area contributed by atoms with Crippen LogP contribution in [0.3, 0.4) is 0 Å². The van der Waals surface area contributed by atoms with Gasteiger partial charge in [0.15, 0.2) is 0 Å². The first kappa shape index (κ1) is 15.1. The van der Waals surface area contributed by atoms with E-state index in [9.17, 15) is 4.79 Å². The van der Waals surface area contributed by atoms with E-state index >= 15 is 0 Å². The fourth-order valence-electron chi connectivity index (χ4n) is 2.66. The summed E-state index contributed by atoms with van der Waals surface area (Å²) in [5, 5.41) is 6.35. The molecule has 112 valence electrons. The lowest BCUT2D eigenvalue weighted by Crippen LogP contribution is -2.43. The van der Waals surface area contributed by atoms with E-state index in [0.717, 1.165) is 19.5 Å². The number of carbonyl (C=O) groups is 1. The van der Waals surface area contributed by atoms with Gasteiger partial charge in [-0.15, -0.1) is 0 Å². The van der Waals surface area contributed by atoms with E-state index in [1.54, 1.807) is 0 Å². The molecule has 1 amide bonds. The summed E-state index contributed by atoms with van der Waals surface area (Å²) in [6.07, 6.45) is 7.51. The van der Waals surface area contributed by atoms with Crippen LogP contribution in [0.5, 0.6) is 0 Å². The molecule has 0 bridgehead atoms. The topological polar surface area (TPSA) is 50.4 Å². The van der Waals surface area contributed by atoms with Crippen molar-refractivity contribution in [2.24, 2.45) is 11.8 Å². The first-order valence-corrected chi connectivity index (χ1v) is 7.43. The molecule has 0 aromatic heterocycles. The molecule has 4 nitrogen and oxygen atoms in total. The lowest BCUT2D eigenvalue weighted by atomic mass is 9.87. The van der Waals surface area contributed by atoms with Crippen LogP contribution in [-0.2, 0) is 4.74 Å². The minimum atomic E-state index is -0.453. The zero-order valence-electron chi connectivity index (χ0n) is 12.9. The van der Waals surface area contributed by atoms with Crippen molar-refractivity contribution in [1.29, 1.82) is 0 Å². The van der Waals surface area contributed by atoms with Crippen LogP contribution in [0.4, 0.5) is 4.79 Å². The summed E-state index contributed by atoms with van der Waals surface area (Å²) in [6.45, 7) is 9.56. The highest BCUT2D eigenvalue weighted by Gasteiger charge is 2.32. The van der Waals surface area contributed by atoms with Crippen LogP contribution < -0.4 is 10.6 Å². The van der Waals surface area contributed by atoms with E-state index in [4.69, 9.17) is 4.74 Å². The van der Waals surface area contributed by atoms with Gasteiger partial charge in [0.1, 0.15) is 5.60 Å². The van der Waals surface area contributed by atoms with Crippen molar-refractivity contribution in [2.45, 2.75) is 45.8 Å². The molecule has 2 N–H and O–H groups in total. The quantitative estimate of drug-likeness (QED) is 0.816. The Balaban J connectivity index is 1.95. The Kier molecular flexibility index (Phi) is 4.53. The molecule has 4 heteroatoms. The normalized spacial score (nSPS) is 30.0. The molecule has 2 rings (SSSR count). The third kappa shape index (κ3) is 4.10. The molecule has 1 saturated heterocycles. The standard InChI is InChI=1S/C16H26N2O2/c1-11-5-7-12(8-6-11)13-9-17-10-14(13)18-15(19)20-16(2,3)4/h5,7-8,11,13-14,17H,6,9-10H2,1-4H3,(H,18,19)/t11?,13-,14+/m0/s1. The third-order valence-electron chi connectivity index (χ3n) is 3.69. The molecule has 1 heterocycles. The second-order valence-corrected chi connectivity index (χ2v) is 6.79. The Bertz CT molecular complexity index is 421. The zero-order valence-corrected chi connectivity index (χ0v) is 12.9. The highest BCUT2D eigenvalue weighted by molar-refractivity contribution is 5.68. The molecule has 1 fully saturated rings. The van der Waals surface area contributed by atoms with Gasteiger partial charge in [0.25, 0.3) is 0 Å².